The first-order valence-electron chi connectivity index (χ1n) is 9.15. The zero-order chi connectivity index (χ0) is 17.9. The largest absolute Gasteiger partial charge is 0.361 e. The summed E-state index contributed by atoms with van der Waals surface area (Å²) >= 11 is 0. The summed E-state index contributed by atoms with van der Waals surface area (Å²) in [6, 6.07) is 15.7. The lowest BCUT2D eigenvalue weighted by atomic mass is 9.99. The number of aromatic nitrogens is 3. The van der Waals surface area contributed by atoms with Crippen molar-refractivity contribution in [2.75, 3.05) is 18.5 Å². The van der Waals surface area contributed by atoms with Gasteiger partial charge in [-0.2, -0.15) is 0 Å². The van der Waals surface area contributed by atoms with Crippen molar-refractivity contribution < 1.29 is 0 Å². The summed E-state index contributed by atoms with van der Waals surface area (Å²) in [6.07, 6.45) is 6.11. The molecule has 0 bridgehead atoms. The van der Waals surface area contributed by atoms with Gasteiger partial charge in [0.25, 0.3) is 5.56 Å². The Morgan fingerprint density at radius 3 is 2.85 bits per heavy atom. The Morgan fingerprint density at radius 2 is 2.00 bits per heavy atom. The van der Waals surface area contributed by atoms with Crippen LogP contribution in [0.2, 0.25) is 0 Å². The van der Waals surface area contributed by atoms with Gasteiger partial charge in [-0.15, -0.1) is 0 Å². The maximum absolute atomic E-state index is 12.5. The maximum atomic E-state index is 12.5. The van der Waals surface area contributed by atoms with Crippen LogP contribution in [-0.4, -0.2) is 27.7 Å². The highest BCUT2D eigenvalue weighted by molar-refractivity contribution is 5.39. The SMILES string of the molecule is CN(CC1CCc2nccn2C1)c1cccc(=O)n1Cc1ccccc1. The molecule has 134 valence electrons. The van der Waals surface area contributed by atoms with E-state index in [9.17, 15) is 4.79 Å². The number of aryl methyl sites for hydroxylation is 1. The molecule has 1 atom stereocenters. The van der Waals surface area contributed by atoms with Gasteiger partial charge < -0.3 is 9.47 Å². The van der Waals surface area contributed by atoms with Gasteiger partial charge in [0.1, 0.15) is 11.6 Å². The smallest absolute Gasteiger partial charge is 0.252 e. The molecular formula is C21H24N4O. The van der Waals surface area contributed by atoms with Crippen LogP contribution in [0.5, 0.6) is 0 Å². The number of imidazole rings is 1. The van der Waals surface area contributed by atoms with Gasteiger partial charge in [-0.3, -0.25) is 9.36 Å². The third-order valence-electron chi connectivity index (χ3n) is 5.17. The maximum Gasteiger partial charge on any atom is 0.252 e. The number of fused-ring (bicyclic) bond motifs is 1. The first kappa shape index (κ1) is 16.6. The fourth-order valence-electron chi connectivity index (χ4n) is 3.83. The van der Waals surface area contributed by atoms with E-state index in [-0.39, 0.29) is 5.56 Å². The number of hydrogen-bond donors (Lipinski definition) is 0. The number of benzene rings is 1. The van der Waals surface area contributed by atoms with E-state index < -0.39 is 0 Å². The fourth-order valence-corrected chi connectivity index (χ4v) is 3.83. The predicted octanol–water partition coefficient (Wildman–Crippen LogP) is 2.79. The van der Waals surface area contributed by atoms with Crippen molar-refractivity contribution in [2.24, 2.45) is 5.92 Å². The molecule has 1 aliphatic heterocycles. The third kappa shape index (κ3) is 3.43. The van der Waals surface area contributed by atoms with E-state index in [4.69, 9.17) is 0 Å². The van der Waals surface area contributed by atoms with Gasteiger partial charge in [0.2, 0.25) is 0 Å². The molecule has 4 rings (SSSR count). The molecule has 0 aliphatic carbocycles. The monoisotopic (exact) mass is 348 g/mol. The molecule has 3 aromatic rings. The Hall–Kier alpha value is -2.82. The number of hydrogen-bond acceptors (Lipinski definition) is 3. The molecule has 0 spiro atoms. The number of anilines is 1. The molecule has 0 N–H and O–H groups in total. The van der Waals surface area contributed by atoms with Crippen LogP contribution < -0.4 is 10.5 Å². The second-order valence-electron chi connectivity index (χ2n) is 7.08. The van der Waals surface area contributed by atoms with E-state index in [1.807, 2.05) is 41.1 Å². The van der Waals surface area contributed by atoms with Crippen molar-refractivity contribution in [2.45, 2.75) is 25.9 Å². The molecular weight excluding hydrogens is 324 g/mol. The highest BCUT2D eigenvalue weighted by atomic mass is 16.1. The van der Waals surface area contributed by atoms with Gasteiger partial charge in [-0.1, -0.05) is 36.4 Å². The molecule has 0 radical (unpaired) electrons. The lowest BCUT2D eigenvalue weighted by molar-refractivity contribution is 0.367. The van der Waals surface area contributed by atoms with E-state index in [2.05, 4.69) is 39.8 Å². The molecule has 0 saturated heterocycles. The van der Waals surface area contributed by atoms with Crippen molar-refractivity contribution in [1.82, 2.24) is 14.1 Å². The molecule has 5 heteroatoms. The van der Waals surface area contributed by atoms with Crippen LogP contribution in [0, 0.1) is 5.92 Å². The normalized spacial score (nSPS) is 16.3. The molecule has 0 amide bonds. The molecule has 5 nitrogen and oxygen atoms in total. The number of rotatable bonds is 5. The third-order valence-corrected chi connectivity index (χ3v) is 5.17. The van der Waals surface area contributed by atoms with Crippen molar-refractivity contribution >= 4 is 5.82 Å². The summed E-state index contributed by atoms with van der Waals surface area (Å²) in [5, 5.41) is 0. The van der Waals surface area contributed by atoms with Crippen LogP contribution in [0.3, 0.4) is 0 Å². The topological polar surface area (TPSA) is 43.1 Å². The number of pyridine rings is 1. The average molecular weight is 348 g/mol. The molecule has 0 fully saturated rings. The molecule has 0 saturated carbocycles. The minimum absolute atomic E-state index is 0.0405. The van der Waals surface area contributed by atoms with Gasteiger partial charge in [-0.05, 0) is 24.0 Å². The van der Waals surface area contributed by atoms with Crippen LogP contribution >= 0.6 is 0 Å². The summed E-state index contributed by atoms with van der Waals surface area (Å²) < 4.78 is 4.12. The van der Waals surface area contributed by atoms with Gasteiger partial charge in [0.15, 0.2) is 0 Å². The van der Waals surface area contributed by atoms with Crippen molar-refractivity contribution in [1.29, 1.82) is 0 Å². The summed E-state index contributed by atoms with van der Waals surface area (Å²) in [5.41, 5.74) is 1.18. The van der Waals surface area contributed by atoms with E-state index in [0.29, 0.717) is 12.5 Å². The Balaban J connectivity index is 1.54. The average Bonchev–Trinajstić information content (AvgIpc) is 3.12. The second kappa shape index (κ2) is 7.20. The Bertz CT molecular complexity index is 928. The molecule has 2 aromatic heterocycles. The van der Waals surface area contributed by atoms with E-state index in [1.165, 1.54) is 5.82 Å². The van der Waals surface area contributed by atoms with Gasteiger partial charge in [-0.25, -0.2) is 4.98 Å². The fraction of sp³-hybridized carbons (Fsp3) is 0.333. The number of nitrogens with zero attached hydrogens (tertiary/aromatic N) is 4. The van der Waals surface area contributed by atoms with Crippen molar-refractivity contribution in [3.8, 4) is 0 Å². The van der Waals surface area contributed by atoms with Crippen LogP contribution in [0.4, 0.5) is 5.82 Å². The summed E-state index contributed by atoms with van der Waals surface area (Å²) in [4.78, 5) is 19.1. The zero-order valence-electron chi connectivity index (χ0n) is 15.1. The highest BCUT2D eigenvalue weighted by Crippen LogP contribution is 2.22. The Kier molecular flexibility index (Phi) is 4.61. The summed E-state index contributed by atoms with van der Waals surface area (Å²) in [5.74, 6) is 2.71. The van der Waals surface area contributed by atoms with E-state index in [1.54, 1.807) is 6.07 Å². The zero-order valence-corrected chi connectivity index (χ0v) is 15.1. The summed E-state index contributed by atoms with van der Waals surface area (Å²) in [6.45, 7) is 2.52. The highest BCUT2D eigenvalue weighted by Gasteiger charge is 2.21. The minimum atomic E-state index is 0.0405. The van der Waals surface area contributed by atoms with Crippen LogP contribution in [-0.2, 0) is 19.5 Å². The van der Waals surface area contributed by atoms with Gasteiger partial charge in [0.05, 0.1) is 6.54 Å². The lowest BCUT2D eigenvalue weighted by Gasteiger charge is -2.30. The first-order chi connectivity index (χ1) is 12.7. The van der Waals surface area contributed by atoms with E-state index in [0.717, 1.165) is 37.3 Å². The summed E-state index contributed by atoms with van der Waals surface area (Å²) in [7, 11) is 2.08. The second-order valence-corrected chi connectivity index (χ2v) is 7.08. The van der Waals surface area contributed by atoms with Crippen molar-refractivity contribution in [3.05, 3.63) is 82.7 Å². The molecule has 1 aliphatic rings. The van der Waals surface area contributed by atoms with Gasteiger partial charge in [0, 0.05) is 45.0 Å². The Morgan fingerprint density at radius 1 is 1.15 bits per heavy atom. The Labute approximate surface area is 153 Å². The lowest BCUT2D eigenvalue weighted by Crippen LogP contribution is -2.35. The quantitative estimate of drug-likeness (QED) is 0.712. The molecule has 3 heterocycles. The first-order valence-corrected chi connectivity index (χ1v) is 9.15. The molecule has 1 unspecified atom stereocenters. The molecule has 1 aromatic carbocycles. The van der Waals surface area contributed by atoms with Crippen molar-refractivity contribution in [3.63, 3.8) is 0 Å². The van der Waals surface area contributed by atoms with Crippen LogP contribution in [0.15, 0.2) is 65.7 Å². The minimum Gasteiger partial charge on any atom is -0.361 e. The standard InChI is InChI=1S/C21H24N4O/c1-23(14-18-10-11-19-22-12-13-24(19)15-18)20-8-5-9-21(26)25(20)16-17-6-3-2-4-7-17/h2-9,12-13,18H,10-11,14-16H2,1H3. The molecule has 26 heavy (non-hydrogen) atoms. The van der Waals surface area contributed by atoms with Gasteiger partial charge >= 0.3 is 0 Å². The predicted molar refractivity (Wildman–Crippen MR) is 104 cm³/mol. The van der Waals surface area contributed by atoms with E-state index >= 15 is 0 Å². The van der Waals surface area contributed by atoms with Crippen LogP contribution in [0.25, 0.3) is 0 Å². The van der Waals surface area contributed by atoms with Crippen LogP contribution in [0.1, 0.15) is 17.8 Å².